The van der Waals surface area contributed by atoms with E-state index >= 15 is 0 Å². The number of nitrogens with zero attached hydrogens (tertiary/aromatic N) is 3. The predicted octanol–water partition coefficient (Wildman–Crippen LogP) is 4.69. The molecule has 2 amide bonds. The zero-order valence-electron chi connectivity index (χ0n) is 20.6. The largest absolute Gasteiger partial charge is 0.497 e. The van der Waals surface area contributed by atoms with Gasteiger partial charge in [-0.2, -0.15) is 0 Å². The monoisotopic (exact) mass is 519 g/mol. The predicted molar refractivity (Wildman–Crippen MR) is 141 cm³/mol. The molecule has 8 nitrogen and oxygen atoms in total. The lowest BCUT2D eigenvalue weighted by Crippen LogP contribution is -2.24. The first kappa shape index (κ1) is 25.9. The number of carbonyl (C=O) groups excluding carboxylic acids is 2. The number of ether oxygens (including phenoxy) is 1. The Morgan fingerprint density at radius 1 is 1.03 bits per heavy atom. The zero-order valence-corrected chi connectivity index (χ0v) is 21.4. The Morgan fingerprint density at radius 2 is 1.78 bits per heavy atom. The molecule has 0 aliphatic carbocycles. The molecule has 0 aliphatic rings. The normalized spacial score (nSPS) is 10.7. The molecule has 190 valence electrons. The van der Waals surface area contributed by atoms with Crippen LogP contribution in [0.1, 0.15) is 27.3 Å². The first-order valence-corrected chi connectivity index (χ1v) is 12.5. The number of halogens is 1. The van der Waals surface area contributed by atoms with E-state index in [4.69, 9.17) is 4.74 Å². The summed E-state index contributed by atoms with van der Waals surface area (Å²) in [5.74, 6) is 0.0145. The van der Waals surface area contributed by atoms with Gasteiger partial charge in [0.15, 0.2) is 11.0 Å². The maximum Gasteiger partial charge on any atom is 0.251 e. The van der Waals surface area contributed by atoms with Crippen LogP contribution in [0.25, 0.3) is 5.69 Å². The molecule has 1 heterocycles. The molecule has 0 radical (unpaired) electrons. The number of nitrogens with one attached hydrogen (secondary N) is 2. The average molecular weight is 520 g/mol. The lowest BCUT2D eigenvalue weighted by Gasteiger charge is -2.14. The molecule has 2 N–H and O–H groups in total. The molecule has 3 aromatic carbocycles. The number of aromatic nitrogens is 3. The van der Waals surface area contributed by atoms with Crippen LogP contribution in [0, 0.1) is 19.7 Å². The highest BCUT2D eigenvalue weighted by atomic mass is 32.2. The van der Waals surface area contributed by atoms with Crippen LogP contribution in [0.2, 0.25) is 0 Å². The van der Waals surface area contributed by atoms with Gasteiger partial charge in [0.25, 0.3) is 5.91 Å². The smallest absolute Gasteiger partial charge is 0.251 e. The number of para-hydroxylation sites is 1. The van der Waals surface area contributed by atoms with E-state index in [0.29, 0.717) is 22.3 Å². The van der Waals surface area contributed by atoms with Gasteiger partial charge in [0.05, 0.1) is 30.8 Å². The van der Waals surface area contributed by atoms with E-state index in [-0.39, 0.29) is 29.8 Å². The van der Waals surface area contributed by atoms with Crippen molar-refractivity contribution in [3.8, 4) is 11.4 Å². The summed E-state index contributed by atoms with van der Waals surface area (Å²) in [6.07, 6.45) is 0. The maximum absolute atomic E-state index is 13.9. The summed E-state index contributed by atoms with van der Waals surface area (Å²) in [6, 6.07) is 18.8. The van der Waals surface area contributed by atoms with Gasteiger partial charge in [0, 0.05) is 5.56 Å². The average Bonchev–Trinajstić information content (AvgIpc) is 3.31. The van der Waals surface area contributed by atoms with Gasteiger partial charge in [0.2, 0.25) is 5.91 Å². The molecule has 0 bridgehead atoms. The number of benzene rings is 3. The van der Waals surface area contributed by atoms with Crippen molar-refractivity contribution < 1.29 is 18.7 Å². The van der Waals surface area contributed by atoms with E-state index in [9.17, 15) is 14.0 Å². The first-order chi connectivity index (χ1) is 17.9. The Bertz CT molecular complexity index is 1420. The Morgan fingerprint density at radius 3 is 2.51 bits per heavy atom. The van der Waals surface area contributed by atoms with Gasteiger partial charge < -0.3 is 15.4 Å². The van der Waals surface area contributed by atoms with Crippen molar-refractivity contribution in [2.75, 3.05) is 18.2 Å². The molecule has 0 saturated heterocycles. The van der Waals surface area contributed by atoms with Crippen LogP contribution in [0.15, 0.2) is 71.9 Å². The Hall–Kier alpha value is -4.18. The van der Waals surface area contributed by atoms with Crippen molar-refractivity contribution >= 4 is 29.3 Å². The first-order valence-electron chi connectivity index (χ1n) is 11.5. The topological polar surface area (TPSA) is 98.1 Å². The van der Waals surface area contributed by atoms with Gasteiger partial charge in [-0.05, 0) is 67.4 Å². The summed E-state index contributed by atoms with van der Waals surface area (Å²) in [5, 5.41) is 14.5. The third kappa shape index (κ3) is 6.34. The third-order valence-electron chi connectivity index (χ3n) is 5.55. The Kier molecular flexibility index (Phi) is 8.19. The molecule has 0 atom stereocenters. The van der Waals surface area contributed by atoms with Gasteiger partial charge in [-0.15, -0.1) is 10.2 Å². The van der Waals surface area contributed by atoms with Crippen molar-refractivity contribution in [3.63, 3.8) is 0 Å². The maximum atomic E-state index is 13.9. The molecule has 0 unspecified atom stereocenters. The van der Waals surface area contributed by atoms with E-state index in [1.807, 2.05) is 36.6 Å². The second-order valence-electron chi connectivity index (χ2n) is 8.25. The number of anilines is 1. The van der Waals surface area contributed by atoms with Crippen molar-refractivity contribution in [2.45, 2.75) is 25.5 Å². The highest BCUT2D eigenvalue weighted by Gasteiger charge is 2.19. The lowest BCUT2D eigenvalue weighted by atomic mass is 10.1. The van der Waals surface area contributed by atoms with Gasteiger partial charge in [-0.1, -0.05) is 36.0 Å². The van der Waals surface area contributed by atoms with Gasteiger partial charge >= 0.3 is 0 Å². The van der Waals surface area contributed by atoms with Crippen molar-refractivity contribution in [3.05, 3.63) is 95.1 Å². The molecule has 37 heavy (non-hydrogen) atoms. The van der Waals surface area contributed by atoms with Crippen LogP contribution in [-0.2, 0) is 11.3 Å². The fraction of sp³-hybridized carbons (Fsp3) is 0.185. The number of thioether (sulfide) groups is 1. The van der Waals surface area contributed by atoms with Crippen LogP contribution in [0.4, 0.5) is 10.1 Å². The van der Waals surface area contributed by atoms with Gasteiger partial charge in [-0.25, -0.2) is 4.39 Å². The molecular weight excluding hydrogens is 493 g/mol. The summed E-state index contributed by atoms with van der Waals surface area (Å²) >= 11 is 1.17. The molecule has 1 aromatic heterocycles. The second-order valence-corrected chi connectivity index (χ2v) is 9.19. The molecule has 0 saturated carbocycles. The number of carbonyl (C=O) groups is 2. The molecule has 0 fully saturated rings. The number of hydrogen-bond acceptors (Lipinski definition) is 6. The summed E-state index contributed by atoms with van der Waals surface area (Å²) < 4.78 is 20.9. The third-order valence-corrected chi connectivity index (χ3v) is 6.47. The van der Waals surface area contributed by atoms with Crippen LogP contribution in [0.3, 0.4) is 0 Å². The number of rotatable bonds is 9. The molecule has 4 aromatic rings. The van der Waals surface area contributed by atoms with Gasteiger partial charge in [-0.3, -0.25) is 14.2 Å². The lowest BCUT2D eigenvalue weighted by molar-refractivity contribution is -0.113. The van der Waals surface area contributed by atoms with Crippen LogP contribution < -0.4 is 15.4 Å². The van der Waals surface area contributed by atoms with Crippen molar-refractivity contribution in [1.29, 1.82) is 0 Å². The zero-order chi connectivity index (χ0) is 26.4. The standard InChI is InChI=1S/C27H26FN5O3S/c1-17-8-9-18(2)23(14-17)33-24(15-29-26(35)19-10-12-20(36-3)13-11-19)31-32-27(33)37-16-25(34)30-22-7-5-4-6-21(22)28/h4-14H,15-16H2,1-3H3,(H,29,35)(H,30,34). The quantitative estimate of drug-likeness (QED) is 0.311. The van der Waals surface area contributed by atoms with Crippen molar-refractivity contribution in [2.24, 2.45) is 0 Å². The fourth-order valence-electron chi connectivity index (χ4n) is 3.59. The summed E-state index contributed by atoms with van der Waals surface area (Å²) in [5.41, 5.74) is 3.46. The molecule has 0 aliphatic heterocycles. The van der Waals surface area contributed by atoms with Crippen LogP contribution in [-0.4, -0.2) is 39.4 Å². The Labute approximate surface area is 218 Å². The number of methoxy groups -OCH3 is 1. The summed E-state index contributed by atoms with van der Waals surface area (Å²) in [7, 11) is 1.56. The Balaban J connectivity index is 1.54. The second kappa shape index (κ2) is 11.7. The highest BCUT2D eigenvalue weighted by molar-refractivity contribution is 7.99. The van der Waals surface area contributed by atoms with Crippen LogP contribution >= 0.6 is 11.8 Å². The minimum absolute atomic E-state index is 0.00443. The van der Waals surface area contributed by atoms with E-state index < -0.39 is 5.82 Å². The van der Waals surface area contributed by atoms with E-state index in [1.165, 1.54) is 23.9 Å². The van der Waals surface area contributed by atoms with E-state index in [2.05, 4.69) is 20.8 Å². The fourth-order valence-corrected chi connectivity index (χ4v) is 4.36. The van der Waals surface area contributed by atoms with E-state index in [1.54, 1.807) is 43.5 Å². The summed E-state index contributed by atoms with van der Waals surface area (Å²) in [4.78, 5) is 25.2. The molecule has 4 rings (SSSR count). The minimum atomic E-state index is -0.505. The SMILES string of the molecule is COc1ccc(C(=O)NCc2nnc(SCC(=O)Nc3ccccc3F)n2-c2cc(C)ccc2C)cc1. The molecule has 10 heteroatoms. The van der Waals surface area contributed by atoms with Crippen molar-refractivity contribution in [1.82, 2.24) is 20.1 Å². The minimum Gasteiger partial charge on any atom is -0.497 e. The number of hydrogen-bond donors (Lipinski definition) is 2. The molecular formula is C27H26FN5O3S. The summed E-state index contributed by atoms with van der Waals surface area (Å²) in [6.45, 7) is 4.06. The highest BCUT2D eigenvalue weighted by Crippen LogP contribution is 2.26. The number of amides is 2. The number of aryl methyl sites for hydroxylation is 2. The van der Waals surface area contributed by atoms with Crippen LogP contribution in [0.5, 0.6) is 5.75 Å². The molecule has 0 spiro atoms. The van der Waals surface area contributed by atoms with E-state index in [0.717, 1.165) is 16.8 Å². The van der Waals surface area contributed by atoms with Gasteiger partial charge in [0.1, 0.15) is 11.6 Å².